The highest BCUT2D eigenvalue weighted by Crippen LogP contribution is 2.35. The van der Waals surface area contributed by atoms with E-state index in [4.69, 9.17) is 0 Å². The van der Waals surface area contributed by atoms with Crippen molar-refractivity contribution in [2.45, 2.75) is 37.8 Å². The van der Waals surface area contributed by atoms with Crippen LogP contribution in [0.2, 0.25) is 0 Å². The summed E-state index contributed by atoms with van der Waals surface area (Å²) < 4.78 is 0. The molecule has 0 saturated heterocycles. The van der Waals surface area contributed by atoms with Gasteiger partial charge in [0.1, 0.15) is 6.33 Å². The first-order chi connectivity index (χ1) is 8.24. The second-order valence-electron chi connectivity index (χ2n) is 4.51. The van der Waals surface area contributed by atoms with Crippen LogP contribution in [0.1, 0.15) is 25.7 Å². The van der Waals surface area contributed by atoms with Crippen LogP contribution in [0.15, 0.2) is 6.33 Å². The molecule has 7 heteroatoms. The summed E-state index contributed by atoms with van der Waals surface area (Å²) in [5, 5.41) is 17.2. The number of anilines is 2. The zero-order valence-electron chi connectivity index (χ0n) is 9.22. The van der Waals surface area contributed by atoms with E-state index in [0.717, 1.165) is 25.7 Å². The standard InChI is InChI=1S/C10H13N5O2/c16-15(17)8-9(13-6-1-2-6)11-5-12-10(8)14-7-3-4-7/h5-7H,1-4H2,(H2,11,12,13,14). The molecule has 17 heavy (non-hydrogen) atoms. The zero-order valence-corrected chi connectivity index (χ0v) is 9.22. The van der Waals surface area contributed by atoms with Crippen LogP contribution in [0.25, 0.3) is 0 Å². The first-order valence-corrected chi connectivity index (χ1v) is 5.76. The second kappa shape index (κ2) is 3.83. The number of rotatable bonds is 5. The van der Waals surface area contributed by atoms with Crippen LogP contribution in [0.4, 0.5) is 17.3 Å². The molecule has 7 nitrogen and oxygen atoms in total. The highest BCUT2D eigenvalue weighted by Gasteiger charge is 2.31. The van der Waals surface area contributed by atoms with Crippen molar-refractivity contribution >= 4 is 17.3 Å². The molecule has 3 rings (SSSR count). The van der Waals surface area contributed by atoms with Gasteiger partial charge in [-0.05, 0) is 25.7 Å². The summed E-state index contributed by atoms with van der Waals surface area (Å²) in [6.45, 7) is 0. The van der Waals surface area contributed by atoms with Crippen LogP contribution in [0, 0.1) is 10.1 Å². The Morgan fingerprint density at radius 3 is 1.94 bits per heavy atom. The summed E-state index contributed by atoms with van der Waals surface area (Å²) in [5.74, 6) is 0.659. The van der Waals surface area contributed by atoms with Crippen molar-refractivity contribution in [2.75, 3.05) is 10.6 Å². The van der Waals surface area contributed by atoms with E-state index in [2.05, 4.69) is 20.6 Å². The number of nitrogens with zero attached hydrogens (tertiary/aromatic N) is 3. The zero-order chi connectivity index (χ0) is 11.8. The maximum Gasteiger partial charge on any atom is 0.353 e. The number of aromatic nitrogens is 2. The van der Waals surface area contributed by atoms with E-state index in [1.807, 2.05) is 0 Å². The summed E-state index contributed by atoms with van der Waals surface area (Å²) in [4.78, 5) is 18.6. The number of hydrogen-bond donors (Lipinski definition) is 2. The van der Waals surface area contributed by atoms with Crippen molar-refractivity contribution in [3.8, 4) is 0 Å². The average Bonchev–Trinajstić information content (AvgIpc) is 3.12. The maximum atomic E-state index is 11.1. The summed E-state index contributed by atoms with van der Waals surface area (Å²) in [5.41, 5.74) is -0.0358. The van der Waals surface area contributed by atoms with E-state index in [9.17, 15) is 10.1 Å². The third-order valence-electron chi connectivity index (χ3n) is 2.84. The second-order valence-corrected chi connectivity index (χ2v) is 4.51. The van der Waals surface area contributed by atoms with Gasteiger partial charge < -0.3 is 10.6 Å². The van der Waals surface area contributed by atoms with Gasteiger partial charge in [-0.25, -0.2) is 9.97 Å². The van der Waals surface area contributed by atoms with Crippen molar-refractivity contribution in [3.05, 3.63) is 16.4 Å². The Hall–Kier alpha value is -1.92. The van der Waals surface area contributed by atoms with E-state index >= 15 is 0 Å². The molecule has 2 aliphatic carbocycles. The van der Waals surface area contributed by atoms with E-state index in [1.54, 1.807) is 0 Å². The van der Waals surface area contributed by atoms with Gasteiger partial charge in [0.15, 0.2) is 0 Å². The molecule has 0 amide bonds. The molecule has 90 valence electrons. The van der Waals surface area contributed by atoms with Gasteiger partial charge in [0, 0.05) is 12.1 Å². The van der Waals surface area contributed by atoms with E-state index in [1.165, 1.54) is 6.33 Å². The molecular weight excluding hydrogens is 222 g/mol. The molecule has 2 aliphatic rings. The third-order valence-corrected chi connectivity index (χ3v) is 2.84. The fourth-order valence-corrected chi connectivity index (χ4v) is 1.61. The first-order valence-electron chi connectivity index (χ1n) is 5.76. The summed E-state index contributed by atoms with van der Waals surface area (Å²) in [6, 6.07) is 0.662. The fraction of sp³-hybridized carbons (Fsp3) is 0.600. The molecule has 0 bridgehead atoms. The van der Waals surface area contributed by atoms with Gasteiger partial charge in [-0.1, -0.05) is 0 Å². The van der Waals surface area contributed by atoms with Crippen LogP contribution >= 0.6 is 0 Å². The monoisotopic (exact) mass is 235 g/mol. The van der Waals surface area contributed by atoms with Gasteiger partial charge in [0.25, 0.3) is 0 Å². The lowest BCUT2D eigenvalue weighted by molar-refractivity contribution is -0.383. The molecule has 0 aromatic carbocycles. The lowest BCUT2D eigenvalue weighted by Crippen LogP contribution is -2.11. The van der Waals surface area contributed by atoms with Crippen LogP contribution in [0.3, 0.4) is 0 Å². The topological polar surface area (TPSA) is 93.0 Å². The molecule has 0 aliphatic heterocycles. The van der Waals surface area contributed by atoms with E-state index < -0.39 is 4.92 Å². The van der Waals surface area contributed by atoms with Gasteiger partial charge in [-0.15, -0.1) is 0 Å². The number of nitro groups is 1. The van der Waals surface area contributed by atoms with Crippen molar-refractivity contribution in [1.82, 2.24) is 9.97 Å². The summed E-state index contributed by atoms with van der Waals surface area (Å²) >= 11 is 0. The van der Waals surface area contributed by atoms with Crippen molar-refractivity contribution in [2.24, 2.45) is 0 Å². The molecule has 0 atom stereocenters. The van der Waals surface area contributed by atoms with Crippen LogP contribution in [0.5, 0.6) is 0 Å². The Labute approximate surface area is 97.8 Å². The molecule has 2 N–H and O–H groups in total. The van der Waals surface area contributed by atoms with E-state index in [-0.39, 0.29) is 5.69 Å². The quantitative estimate of drug-likeness (QED) is 0.594. The van der Waals surface area contributed by atoms with Crippen molar-refractivity contribution in [3.63, 3.8) is 0 Å². The Morgan fingerprint density at radius 2 is 1.59 bits per heavy atom. The summed E-state index contributed by atoms with van der Waals surface area (Å²) in [7, 11) is 0. The number of hydrogen-bond acceptors (Lipinski definition) is 6. The highest BCUT2D eigenvalue weighted by atomic mass is 16.6. The van der Waals surface area contributed by atoms with E-state index in [0.29, 0.717) is 23.7 Å². The predicted octanol–water partition coefficient (Wildman–Crippen LogP) is 1.53. The molecular formula is C10H13N5O2. The molecule has 1 aromatic rings. The average molecular weight is 235 g/mol. The largest absolute Gasteiger partial charge is 0.361 e. The smallest absolute Gasteiger partial charge is 0.353 e. The summed E-state index contributed by atoms with van der Waals surface area (Å²) in [6.07, 6.45) is 5.56. The Balaban J connectivity index is 1.91. The minimum atomic E-state index is -0.421. The lowest BCUT2D eigenvalue weighted by atomic mass is 10.4. The van der Waals surface area contributed by atoms with Crippen molar-refractivity contribution < 1.29 is 4.92 Å². The molecule has 1 heterocycles. The lowest BCUT2D eigenvalue weighted by Gasteiger charge is -2.08. The van der Waals surface area contributed by atoms with Gasteiger partial charge in [-0.3, -0.25) is 10.1 Å². The van der Waals surface area contributed by atoms with Crippen LogP contribution < -0.4 is 10.6 Å². The maximum absolute atomic E-state index is 11.1. The Kier molecular flexibility index (Phi) is 2.31. The molecule has 2 fully saturated rings. The van der Waals surface area contributed by atoms with Gasteiger partial charge in [0.05, 0.1) is 4.92 Å². The minimum Gasteiger partial charge on any atom is -0.361 e. The third kappa shape index (κ3) is 2.27. The molecule has 2 saturated carbocycles. The van der Waals surface area contributed by atoms with Crippen LogP contribution in [-0.2, 0) is 0 Å². The molecule has 0 unspecified atom stereocenters. The molecule has 0 spiro atoms. The fourth-order valence-electron chi connectivity index (χ4n) is 1.61. The van der Waals surface area contributed by atoms with Gasteiger partial charge in [0.2, 0.25) is 11.6 Å². The Morgan fingerprint density at radius 1 is 1.12 bits per heavy atom. The SMILES string of the molecule is O=[N+]([O-])c1c(NC2CC2)ncnc1NC1CC1. The Bertz CT molecular complexity index is 424. The van der Waals surface area contributed by atoms with Gasteiger partial charge >= 0.3 is 5.69 Å². The molecule has 1 aromatic heterocycles. The van der Waals surface area contributed by atoms with Gasteiger partial charge in [-0.2, -0.15) is 0 Å². The van der Waals surface area contributed by atoms with Crippen LogP contribution in [-0.4, -0.2) is 27.0 Å². The molecule has 0 radical (unpaired) electrons. The minimum absolute atomic E-state index is 0.0358. The normalized spacial score (nSPS) is 18.8. The highest BCUT2D eigenvalue weighted by molar-refractivity contribution is 5.70. The first kappa shape index (κ1) is 10.2. The predicted molar refractivity (Wildman–Crippen MR) is 62.0 cm³/mol. The van der Waals surface area contributed by atoms with Crippen molar-refractivity contribution in [1.29, 1.82) is 0 Å². The number of nitrogens with one attached hydrogen (secondary N) is 2.